The Balaban J connectivity index is 1.74. The second-order valence-corrected chi connectivity index (χ2v) is 11.3. The van der Waals surface area contributed by atoms with E-state index in [0.29, 0.717) is 28.3 Å². The van der Waals surface area contributed by atoms with Gasteiger partial charge in [-0.25, -0.2) is 13.2 Å². The van der Waals surface area contributed by atoms with Gasteiger partial charge < -0.3 is 9.30 Å². The number of hydrogen-bond acceptors (Lipinski definition) is 6. The quantitative estimate of drug-likeness (QED) is 0.474. The molecule has 9 heteroatoms. The van der Waals surface area contributed by atoms with Crippen molar-refractivity contribution in [2.75, 3.05) is 23.9 Å². The highest BCUT2D eigenvalue weighted by Gasteiger charge is 2.31. The molecular formula is C21H25NO6S2. The Kier molecular flexibility index (Phi) is 6.62. The van der Waals surface area contributed by atoms with Gasteiger partial charge in [-0.2, -0.15) is 0 Å². The zero-order valence-electron chi connectivity index (χ0n) is 17.2. The molecule has 0 aliphatic carbocycles. The second kappa shape index (κ2) is 8.85. The van der Waals surface area contributed by atoms with E-state index in [1.165, 1.54) is 6.07 Å². The summed E-state index contributed by atoms with van der Waals surface area (Å²) in [6, 6.07) is 8.01. The summed E-state index contributed by atoms with van der Waals surface area (Å²) in [6.07, 6.45) is 0.520. The molecule has 2 aromatic rings. The fraction of sp³-hybridized carbons (Fsp3) is 0.429. The van der Waals surface area contributed by atoms with Gasteiger partial charge in [-0.1, -0.05) is 19.1 Å². The van der Waals surface area contributed by atoms with Gasteiger partial charge in [0.1, 0.15) is 0 Å². The summed E-state index contributed by atoms with van der Waals surface area (Å²) < 4.78 is 42.9. The first-order chi connectivity index (χ1) is 14.1. The first-order valence-electron chi connectivity index (χ1n) is 9.71. The summed E-state index contributed by atoms with van der Waals surface area (Å²) >= 11 is 0. The lowest BCUT2D eigenvalue weighted by Gasteiger charge is -2.16. The van der Waals surface area contributed by atoms with Crippen LogP contribution in [0.15, 0.2) is 35.2 Å². The number of rotatable bonds is 7. The summed E-state index contributed by atoms with van der Waals surface area (Å²) in [5, 5.41) is 0. The molecule has 1 aliphatic heterocycles. The molecule has 0 spiro atoms. The molecule has 0 bridgehead atoms. The molecule has 0 amide bonds. The summed E-state index contributed by atoms with van der Waals surface area (Å²) in [6.45, 7) is 4.91. The van der Waals surface area contributed by atoms with Crippen LogP contribution in [-0.4, -0.2) is 52.8 Å². The van der Waals surface area contributed by atoms with Crippen LogP contribution in [0, 0.1) is 13.8 Å². The summed E-state index contributed by atoms with van der Waals surface area (Å²) in [7, 11) is -4.38. The number of nitrogens with zero attached hydrogens (tertiary/aromatic N) is 1. The van der Waals surface area contributed by atoms with Crippen molar-refractivity contribution in [3.05, 3.63) is 52.8 Å². The van der Waals surface area contributed by atoms with Crippen LogP contribution in [0.5, 0.6) is 0 Å². The number of sulfone groups is 1. The molecule has 30 heavy (non-hydrogen) atoms. The van der Waals surface area contributed by atoms with Crippen LogP contribution in [0.1, 0.15) is 51.5 Å². The third-order valence-corrected chi connectivity index (χ3v) is 8.43. The maximum Gasteiger partial charge on any atom is 0.339 e. The Bertz CT molecular complexity index is 1120. The first kappa shape index (κ1) is 22.4. The van der Waals surface area contributed by atoms with Gasteiger partial charge in [0, 0.05) is 28.7 Å². The average molecular weight is 452 g/mol. The molecule has 0 N–H and O–H groups in total. The molecule has 1 saturated heterocycles. The summed E-state index contributed by atoms with van der Waals surface area (Å²) in [5.41, 5.74) is 2.07. The van der Waals surface area contributed by atoms with Crippen molar-refractivity contribution in [3.8, 4) is 0 Å². The number of carbonyl (C=O) groups excluding carboxylic acids is 2. The van der Waals surface area contributed by atoms with E-state index < -0.39 is 33.2 Å². The number of ketones is 1. The van der Waals surface area contributed by atoms with Crippen molar-refractivity contribution in [2.24, 2.45) is 0 Å². The number of benzene rings is 1. The highest BCUT2D eigenvalue weighted by atomic mass is 32.2. The third-order valence-electron chi connectivity index (χ3n) is 5.31. The highest BCUT2D eigenvalue weighted by molar-refractivity contribution is 7.91. The predicted molar refractivity (Wildman–Crippen MR) is 114 cm³/mol. The molecule has 1 aromatic carbocycles. The molecule has 0 radical (unpaired) electrons. The van der Waals surface area contributed by atoms with Gasteiger partial charge in [-0.15, -0.1) is 0 Å². The zero-order chi connectivity index (χ0) is 22.1. The van der Waals surface area contributed by atoms with Crippen LogP contribution in [0.2, 0.25) is 0 Å². The van der Waals surface area contributed by atoms with Crippen molar-refractivity contribution in [1.82, 2.24) is 4.57 Å². The average Bonchev–Trinajstić information content (AvgIpc) is 3.22. The highest BCUT2D eigenvalue weighted by Crippen LogP contribution is 2.29. The fourth-order valence-corrected chi connectivity index (χ4v) is 6.51. The molecule has 0 saturated carbocycles. The number of aromatic nitrogens is 1. The summed E-state index contributed by atoms with van der Waals surface area (Å²) in [4.78, 5) is 25.6. The van der Waals surface area contributed by atoms with E-state index in [1.807, 2.05) is 11.5 Å². The van der Waals surface area contributed by atoms with Crippen molar-refractivity contribution >= 4 is 32.4 Å². The molecule has 2 unspecified atom stereocenters. The second-order valence-electron chi connectivity index (χ2n) is 7.34. The number of Topliss-reactive ketones (excluding diaryl/α,β-unsaturated/α-hetero) is 1. The third kappa shape index (κ3) is 4.57. The van der Waals surface area contributed by atoms with E-state index in [1.54, 1.807) is 38.1 Å². The lowest BCUT2D eigenvalue weighted by Crippen LogP contribution is -2.17. The van der Waals surface area contributed by atoms with Crippen LogP contribution in [-0.2, 0) is 25.4 Å². The van der Waals surface area contributed by atoms with Crippen LogP contribution < -0.4 is 0 Å². The molecule has 7 nitrogen and oxygen atoms in total. The molecule has 2 atom stereocenters. The van der Waals surface area contributed by atoms with Crippen LogP contribution in [0.3, 0.4) is 0 Å². The van der Waals surface area contributed by atoms with Crippen molar-refractivity contribution in [2.45, 2.75) is 38.1 Å². The molecule has 2 heterocycles. The molecule has 162 valence electrons. The fourth-order valence-electron chi connectivity index (χ4n) is 3.88. The largest absolute Gasteiger partial charge is 0.454 e. The van der Waals surface area contributed by atoms with Crippen molar-refractivity contribution < 1.29 is 27.0 Å². The van der Waals surface area contributed by atoms with Gasteiger partial charge in [-0.3, -0.25) is 9.00 Å². The molecule has 3 rings (SSSR count). The maximum absolute atomic E-state index is 12.7. The number of hydrogen-bond donors (Lipinski definition) is 0. The normalized spacial score (nSPS) is 18.8. The lowest BCUT2D eigenvalue weighted by atomic mass is 10.1. The monoisotopic (exact) mass is 451 g/mol. The Morgan fingerprint density at radius 2 is 1.90 bits per heavy atom. The van der Waals surface area contributed by atoms with Gasteiger partial charge in [-0.05, 0) is 38.5 Å². The van der Waals surface area contributed by atoms with E-state index in [2.05, 4.69) is 0 Å². The minimum absolute atomic E-state index is 0.0668. The molecule has 1 aliphatic rings. The van der Waals surface area contributed by atoms with Crippen LogP contribution in [0.4, 0.5) is 0 Å². The van der Waals surface area contributed by atoms with Gasteiger partial charge in [0.15, 0.2) is 16.4 Å². The SMILES string of the molecule is CCS(=O)c1ccccc1C(=O)OCC(=O)c1cc(C)n(C2CCS(=O)(=O)C2)c1C. The maximum atomic E-state index is 12.7. The standard InChI is InChI=1S/C21H25NO6S2/c1-4-29(25)20-8-6-5-7-17(20)21(24)28-12-19(23)18-11-14(2)22(15(18)3)16-9-10-30(26,27)13-16/h5-8,11,16H,4,9-10,12-13H2,1-3H3. The van der Waals surface area contributed by atoms with E-state index in [0.717, 1.165) is 5.69 Å². The molecule has 1 fully saturated rings. The van der Waals surface area contributed by atoms with Crippen LogP contribution >= 0.6 is 0 Å². The number of ether oxygens (including phenoxy) is 1. The minimum atomic E-state index is -3.05. The van der Waals surface area contributed by atoms with E-state index in [4.69, 9.17) is 4.74 Å². The predicted octanol–water partition coefficient (Wildman–Crippen LogP) is 2.63. The van der Waals surface area contributed by atoms with Crippen molar-refractivity contribution in [3.63, 3.8) is 0 Å². The lowest BCUT2D eigenvalue weighted by molar-refractivity contribution is 0.0471. The number of aryl methyl sites for hydroxylation is 1. The topological polar surface area (TPSA) is 99.5 Å². The van der Waals surface area contributed by atoms with Gasteiger partial charge >= 0.3 is 5.97 Å². The Morgan fingerprint density at radius 3 is 2.53 bits per heavy atom. The Labute approximate surface area is 178 Å². The smallest absolute Gasteiger partial charge is 0.339 e. The Hall–Kier alpha value is -2.26. The number of esters is 1. The van der Waals surface area contributed by atoms with Gasteiger partial charge in [0.2, 0.25) is 5.78 Å². The van der Waals surface area contributed by atoms with Gasteiger partial charge in [0.25, 0.3) is 0 Å². The van der Waals surface area contributed by atoms with E-state index in [9.17, 15) is 22.2 Å². The number of carbonyl (C=O) groups is 2. The van der Waals surface area contributed by atoms with Crippen LogP contribution in [0.25, 0.3) is 0 Å². The van der Waals surface area contributed by atoms with Gasteiger partial charge in [0.05, 0.1) is 32.8 Å². The van der Waals surface area contributed by atoms with E-state index in [-0.39, 0.29) is 28.9 Å². The molecule has 1 aromatic heterocycles. The Morgan fingerprint density at radius 1 is 1.20 bits per heavy atom. The minimum Gasteiger partial charge on any atom is -0.454 e. The summed E-state index contributed by atoms with van der Waals surface area (Å²) in [5.74, 6) is -0.480. The first-order valence-corrected chi connectivity index (χ1v) is 12.8. The van der Waals surface area contributed by atoms with Crippen molar-refractivity contribution in [1.29, 1.82) is 0 Å². The zero-order valence-corrected chi connectivity index (χ0v) is 18.8. The van der Waals surface area contributed by atoms with E-state index >= 15 is 0 Å². The molecular weight excluding hydrogens is 426 g/mol.